The van der Waals surface area contributed by atoms with Crippen molar-refractivity contribution in [3.63, 3.8) is 0 Å². The fraction of sp³-hybridized carbons (Fsp3) is 1.00. The molecule has 0 saturated heterocycles. The summed E-state index contributed by atoms with van der Waals surface area (Å²) in [7, 11) is 3.59. The third kappa shape index (κ3) is 6.67. The number of unbranched alkanes of at least 4 members (excludes halogenated alkanes) is 5. The fourth-order valence-corrected chi connectivity index (χ4v) is 3.23. The number of rotatable bonds is 15. The maximum atomic E-state index is 14.6. The average molecular weight is 548 g/mol. The van der Waals surface area contributed by atoms with Crippen molar-refractivity contribution in [2.45, 2.75) is 81.4 Å². The molecule has 0 amide bonds. The molecule has 15 heteroatoms. The van der Waals surface area contributed by atoms with E-state index in [1.54, 1.807) is 0 Å². The van der Waals surface area contributed by atoms with Crippen molar-refractivity contribution in [1.29, 1.82) is 0 Å². The standard InChI is InChI=1S/C20H33F13N2/c1-6-7-8-9-10-11-12-34(2,3)13-14-35(4,5)20(32,33)18(27,28)16(23,24)15(21,22)17(25,26)19(29,30)31/h6-14H2,1-5H3/q+2. The normalized spacial score (nSPS) is 15.6. The van der Waals surface area contributed by atoms with Crippen LogP contribution in [0.1, 0.15) is 45.4 Å². The Balaban J connectivity index is 5.72. The van der Waals surface area contributed by atoms with Crippen molar-refractivity contribution in [3.05, 3.63) is 0 Å². The minimum Gasteiger partial charge on any atom is -0.324 e. The van der Waals surface area contributed by atoms with Gasteiger partial charge in [0.25, 0.3) is 0 Å². The number of alkyl halides is 13. The highest BCUT2D eigenvalue weighted by atomic mass is 19.4. The average Bonchev–Trinajstić information content (AvgIpc) is 2.67. The summed E-state index contributed by atoms with van der Waals surface area (Å²) in [6, 6.07) is -6.15. The van der Waals surface area contributed by atoms with Crippen molar-refractivity contribution in [3.8, 4) is 0 Å². The van der Waals surface area contributed by atoms with Crippen molar-refractivity contribution in [2.75, 3.05) is 47.8 Å². The summed E-state index contributed by atoms with van der Waals surface area (Å²) in [4.78, 5) is 0. The third-order valence-corrected chi connectivity index (χ3v) is 6.06. The van der Waals surface area contributed by atoms with E-state index < -0.39 is 46.9 Å². The first-order chi connectivity index (χ1) is 15.3. The summed E-state index contributed by atoms with van der Waals surface area (Å²) < 4.78 is 172. The second kappa shape index (κ2) is 10.8. The summed E-state index contributed by atoms with van der Waals surface area (Å²) in [5, 5.41) is 0. The highest BCUT2D eigenvalue weighted by Gasteiger charge is 2.93. The molecule has 0 rings (SSSR count). The summed E-state index contributed by atoms with van der Waals surface area (Å²) in [6.45, 7) is 1.04. The van der Waals surface area contributed by atoms with Crippen LogP contribution < -0.4 is 0 Å². The fourth-order valence-electron chi connectivity index (χ4n) is 3.23. The lowest BCUT2D eigenvalue weighted by atomic mass is 9.95. The lowest BCUT2D eigenvalue weighted by molar-refractivity contribution is -1.01. The van der Waals surface area contributed by atoms with Crippen molar-refractivity contribution >= 4 is 0 Å². The van der Waals surface area contributed by atoms with E-state index in [2.05, 4.69) is 0 Å². The lowest BCUT2D eigenvalue weighted by Crippen LogP contribution is -2.75. The lowest BCUT2D eigenvalue weighted by Gasteiger charge is -2.45. The Labute approximate surface area is 196 Å². The molecule has 0 aliphatic heterocycles. The quantitative estimate of drug-likeness (QED) is 0.0880. The Kier molecular flexibility index (Phi) is 10.5. The first-order valence-electron chi connectivity index (χ1n) is 10.9. The van der Waals surface area contributed by atoms with E-state index >= 15 is 0 Å². The molecule has 0 atom stereocenters. The Bertz CT molecular complexity index is 670. The number of hydrogen-bond donors (Lipinski definition) is 0. The van der Waals surface area contributed by atoms with Crippen molar-refractivity contribution in [1.82, 2.24) is 0 Å². The number of likely N-dealkylation sites (N-methyl/N-ethyl adjacent to an activating group) is 2. The van der Waals surface area contributed by atoms with Crippen LogP contribution in [0, 0.1) is 0 Å². The molecular formula is C20H33F13N2+2. The van der Waals surface area contributed by atoms with Crippen LogP contribution in [0.25, 0.3) is 0 Å². The van der Waals surface area contributed by atoms with Gasteiger partial charge < -0.3 is 4.48 Å². The van der Waals surface area contributed by atoms with Crippen LogP contribution in [0.2, 0.25) is 0 Å². The van der Waals surface area contributed by atoms with Crippen LogP contribution in [-0.4, -0.2) is 92.7 Å². The Morgan fingerprint density at radius 3 is 1.29 bits per heavy atom. The molecule has 0 bridgehead atoms. The molecule has 212 valence electrons. The minimum atomic E-state index is -7.88. The van der Waals surface area contributed by atoms with Crippen LogP contribution in [-0.2, 0) is 0 Å². The Morgan fingerprint density at radius 2 is 0.857 bits per heavy atom. The molecule has 0 heterocycles. The predicted molar refractivity (Wildman–Crippen MR) is 103 cm³/mol. The van der Waals surface area contributed by atoms with Crippen LogP contribution >= 0.6 is 0 Å². The van der Waals surface area contributed by atoms with E-state index in [9.17, 15) is 57.1 Å². The van der Waals surface area contributed by atoms with Gasteiger partial charge in [-0.1, -0.05) is 32.6 Å². The van der Waals surface area contributed by atoms with Gasteiger partial charge >= 0.3 is 35.9 Å². The zero-order valence-corrected chi connectivity index (χ0v) is 20.2. The molecule has 0 unspecified atom stereocenters. The van der Waals surface area contributed by atoms with Gasteiger partial charge in [-0.2, -0.15) is 48.3 Å². The van der Waals surface area contributed by atoms with Gasteiger partial charge in [-0.3, -0.25) is 4.48 Å². The second-order valence-electron chi connectivity index (χ2n) is 9.90. The number of nitrogens with zero attached hydrogens (tertiary/aromatic N) is 2. The van der Waals surface area contributed by atoms with Crippen molar-refractivity contribution in [2.24, 2.45) is 0 Å². The van der Waals surface area contributed by atoms with E-state index in [0.29, 0.717) is 13.0 Å². The number of halogens is 13. The van der Waals surface area contributed by atoms with Crippen LogP contribution in [0.3, 0.4) is 0 Å². The minimum absolute atomic E-state index is 0.0458. The number of quaternary nitrogens is 2. The molecule has 0 aliphatic carbocycles. The van der Waals surface area contributed by atoms with Gasteiger partial charge in [-0.15, -0.1) is 8.78 Å². The van der Waals surface area contributed by atoms with E-state index in [0.717, 1.165) is 32.1 Å². The Morgan fingerprint density at radius 1 is 0.457 bits per heavy atom. The molecule has 0 saturated carbocycles. The molecule has 0 aromatic heterocycles. The second-order valence-corrected chi connectivity index (χ2v) is 9.90. The topological polar surface area (TPSA) is 0 Å². The van der Waals surface area contributed by atoms with Gasteiger partial charge in [-0.05, 0) is 12.8 Å². The van der Waals surface area contributed by atoms with Crippen molar-refractivity contribution < 1.29 is 66.0 Å². The highest BCUT2D eigenvalue weighted by molar-refractivity contribution is 5.08. The molecule has 0 aromatic carbocycles. The molecule has 0 spiro atoms. The maximum absolute atomic E-state index is 14.6. The molecule has 0 aromatic rings. The summed E-state index contributed by atoms with van der Waals surface area (Å²) in [5.41, 5.74) is 0. The van der Waals surface area contributed by atoms with Crippen LogP contribution in [0.15, 0.2) is 0 Å². The van der Waals surface area contributed by atoms with Crippen LogP contribution in [0.5, 0.6) is 0 Å². The zero-order valence-electron chi connectivity index (χ0n) is 20.2. The van der Waals surface area contributed by atoms with Crippen LogP contribution in [0.4, 0.5) is 57.1 Å². The third-order valence-electron chi connectivity index (χ3n) is 6.06. The molecule has 0 radical (unpaired) electrons. The summed E-state index contributed by atoms with van der Waals surface area (Å²) >= 11 is 0. The summed E-state index contributed by atoms with van der Waals surface area (Å²) in [5.74, 6) is -30.6. The number of hydrogen-bond acceptors (Lipinski definition) is 0. The molecule has 2 nitrogen and oxygen atoms in total. The van der Waals surface area contributed by atoms with Gasteiger partial charge in [0.1, 0.15) is 13.1 Å². The molecule has 35 heavy (non-hydrogen) atoms. The smallest absolute Gasteiger partial charge is 0.324 e. The van der Waals surface area contributed by atoms with E-state index in [-0.39, 0.29) is 25.1 Å². The largest absolute Gasteiger partial charge is 0.461 e. The maximum Gasteiger partial charge on any atom is 0.461 e. The van der Waals surface area contributed by atoms with E-state index in [1.807, 2.05) is 6.92 Å². The Hall–Kier alpha value is -0.990. The first-order valence-corrected chi connectivity index (χ1v) is 10.9. The molecule has 0 aliphatic rings. The van der Waals surface area contributed by atoms with Gasteiger partial charge in [0.15, 0.2) is 0 Å². The first kappa shape index (κ1) is 34.0. The molecule has 0 fully saturated rings. The monoisotopic (exact) mass is 548 g/mol. The molecular weight excluding hydrogens is 515 g/mol. The highest BCUT2D eigenvalue weighted by Crippen LogP contribution is 2.61. The van der Waals surface area contributed by atoms with Gasteiger partial charge in [-0.25, -0.2) is 0 Å². The van der Waals surface area contributed by atoms with E-state index in [1.165, 1.54) is 14.1 Å². The van der Waals surface area contributed by atoms with Gasteiger partial charge in [0, 0.05) is 0 Å². The van der Waals surface area contributed by atoms with Gasteiger partial charge in [0.05, 0.1) is 34.7 Å². The summed E-state index contributed by atoms with van der Waals surface area (Å²) in [6.07, 6.45) is -2.12. The zero-order chi connectivity index (χ0) is 28.4. The molecule has 0 N–H and O–H groups in total. The SMILES string of the molecule is CCCCCCCC[N+](C)(C)CC[N+](C)(C)C(F)(F)C(F)(F)C(F)(F)C(F)(F)C(F)(F)C(F)(F)F. The van der Waals surface area contributed by atoms with E-state index in [4.69, 9.17) is 0 Å². The van der Waals surface area contributed by atoms with Gasteiger partial charge in [0.2, 0.25) is 0 Å². The predicted octanol–water partition coefficient (Wildman–Crippen LogP) is 7.20.